The second-order valence-electron chi connectivity index (χ2n) is 4.83. The number of carbonyl (C=O) groups is 2. The van der Waals surface area contributed by atoms with Crippen molar-refractivity contribution < 1.29 is 14.7 Å². The van der Waals surface area contributed by atoms with Crippen molar-refractivity contribution in [2.75, 3.05) is 0 Å². The lowest BCUT2D eigenvalue weighted by molar-refractivity contribution is -0.141. The van der Waals surface area contributed by atoms with Crippen LogP contribution in [0.3, 0.4) is 0 Å². The Labute approximate surface area is 116 Å². The van der Waals surface area contributed by atoms with Crippen LogP contribution in [0.25, 0.3) is 0 Å². The maximum Gasteiger partial charge on any atom is 0.326 e. The van der Waals surface area contributed by atoms with E-state index in [1.807, 2.05) is 6.92 Å². The molecule has 1 heterocycles. The summed E-state index contributed by atoms with van der Waals surface area (Å²) in [5.74, 6) is -1.15. The molecule has 1 aliphatic rings. The molecule has 5 nitrogen and oxygen atoms in total. The predicted octanol–water partition coefficient (Wildman–Crippen LogP) is 2.09. The van der Waals surface area contributed by atoms with Crippen LogP contribution in [0.2, 0.25) is 0 Å². The highest BCUT2D eigenvalue weighted by Crippen LogP contribution is 2.32. The predicted molar refractivity (Wildman–Crippen MR) is 72.5 cm³/mol. The van der Waals surface area contributed by atoms with Crippen LogP contribution in [-0.4, -0.2) is 39.0 Å². The quantitative estimate of drug-likeness (QED) is 0.897. The SMILES string of the molecule is CCc1nc(C)c(C(=O)N(C2CC2)C(C)C(=O)O)s1. The van der Waals surface area contributed by atoms with E-state index in [4.69, 9.17) is 5.11 Å². The van der Waals surface area contributed by atoms with Gasteiger partial charge in [-0.1, -0.05) is 6.92 Å². The Hall–Kier alpha value is -1.43. The maximum absolute atomic E-state index is 12.6. The topological polar surface area (TPSA) is 70.5 Å². The zero-order chi connectivity index (χ0) is 14.2. The van der Waals surface area contributed by atoms with Crippen LogP contribution in [0.1, 0.15) is 47.1 Å². The van der Waals surface area contributed by atoms with Gasteiger partial charge < -0.3 is 10.0 Å². The molecule has 6 heteroatoms. The molecule has 0 aromatic carbocycles. The highest BCUT2D eigenvalue weighted by molar-refractivity contribution is 7.13. The first-order chi connectivity index (χ1) is 8.95. The van der Waals surface area contributed by atoms with Crippen LogP contribution in [-0.2, 0) is 11.2 Å². The van der Waals surface area contributed by atoms with Gasteiger partial charge in [-0.3, -0.25) is 4.79 Å². The van der Waals surface area contributed by atoms with Gasteiger partial charge in [-0.05, 0) is 33.1 Å². The molecule has 19 heavy (non-hydrogen) atoms. The first kappa shape index (κ1) is 14.0. The van der Waals surface area contributed by atoms with Gasteiger partial charge >= 0.3 is 5.97 Å². The summed E-state index contributed by atoms with van der Waals surface area (Å²) in [5.41, 5.74) is 0.704. The Morgan fingerprint density at radius 3 is 2.58 bits per heavy atom. The standard InChI is InChI=1S/C13H18N2O3S/c1-4-10-14-7(2)11(19-10)12(16)15(9-5-6-9)8(3)13(17)18/h8-9H,4-6H2,1-3H3,(H,17,18). The van der Waals surface area contributed by atoms with Gasteiger partial charge in [0.25, 0.3) is 5.91 Å². The van der Waals surface area contributed by atoms with Gasteiger partial charge in [-0.15, -0.1) is 11.3 Å². The number of amides is 1. The zero-order valence-corrected chi connectivity index (χ0v) is 12.2. The van der Waals surface area contributed by atoms with Gasteiger partial charge in [0.15, 0.2) is 0 Å². The molecule has 1 unspecified atom stereocenters. The van der Waals surface area contributed by atoms with Crippen LogP contribution in [0.5, 0.6) is 0 Å². The molecular weight excluding hydrogens is 264 g/mol. The monoisotopic (exact) mass is 282 g/mol. The van der Waals surface area contributed by atoms with Crippen molar-refractivity contribution in [2.24, 2.45) is 0 Å². The van der Waals surface area contributed by atoms with Gasteiger partial charge in [-0.2, -0.15) is 0 Å². The minimum atomic E-state index is -0.960. The van der Waals surface area contributed by atoms with Gasteiger partial charge in [-0.25, -0.2) is 9.78 Å². The normalized spacial score (nSPS) is 16.2. The average Bonchev–Trinajstić information content (AvgIpc) is 3.11. The zero-order valence-electron chi connectivity index (χ0n) is 11.3. The minimum Gasteiger partial charge on any atom is -0.480 e. The highest BCUT2D eigenvalue weighted by atomic mass is 32.1. The lowest BCUT2D eigenvalue weighted by atomic mass is 10.2. The number of hydrogen-bond acceptors (Lipinski definition) is 4. The number of aromatic nitrogens is 1. The summed E-state index contributed by atoms with van der Waals surface area (Å²) < 4.78 is 0. The van der Waals surface area contributed by atoms with E-state index in [0.717, 1.165) is 24.3 Å². The minimum absolute atomic E-state index is 0.0742. The Morgan fingerprint density at radius 1 is 1.53 bits per heavy atom. The van der Waals surface area contributed by atoms with Crippen LogP contribution >= 0.6 is 11.3 Å². The Bertz CT molecular complexity index is 508. The molecule has 0 spiro atoms. The molecule has 1 aliphatic carbocycles. The van der Waals surface area contributed by atoms with Crippen molar-refractivity contribution >= 4 is 23.2 Å². The van der Waals surface area contributed by atoms with Crippen molar-refractivity contribution in [1.29, 1.82) is 0 Å². The van der Waals surface area contributed by atoms with Crippen molar-refractivity contribution in [3.63, 3.8) is 0 Å². The van der Waals surface area contributed by atoms with Crippen LogP contribution in [0, 0.1) is 6.92 Å². The van der Waals surface area contributed by atoms with Crippen LogP contribution in [0.15, 0.2) is 0 Å². The van der Waals surface area contributed by atoms with Crippen LogP contribution in [0.4, 0.5) is 0 Å². The van der Waals surface area contributed by atoms with E-state index in [0.29, 0.717) is 10.6 Å². The van der Waals surface area contributed by atoms with Crippen molar-refractivity contribution in [1.82, 2.24) is 9.88 Å². The van der Waals surface area contributed by atoms with Crippen molar-refractivity contribution in [3.8, 4) is 0 Å². The molecule has 2 rings (SSSR count). The number of thiazole rings is 1. The molecule has 0 bridgehead atoms. The molecule has 1 amide bonds. The number of carboxylic acids is 1. The summed E-state index contributed by atoms with van der Waals surface area (Å²) in [5, 5.41) is 10.1. The Kier molecular flexibility index (Phi) is 3.89. The van der Waals surface area contributed by atoms with Gasteiger partial charge in [0.1, 0.15) is 10.9 Å². The fourth-order valence-corrected chi connectivity index (χ4v) is 3.00. The summed E-state index contributed by atoms with van der Waals surface area (Å²) in [6.07, 6.45) is 2.57. The fourth-order valence-electron chi connectivity index (χ4n) is 2.05. The molecule has 0 saturated heterocycles. The van der Waals surface area contributed by atoms with Crippen molar-refractivity contribution in [3.05, 3.63) is 15.6 Å². The van der Waals surface area contributed by atoms with E-state index in [-0.39, 0.29) is 11.9 Å². The molecule has 1 aromatic heterocycles. The Morgan fingerprint density at radius 2 is 2.16 bits per heavy atom. The van der Waals surface area contributed by atoms with E-state index in [2.05, 4.69) is 4.98 Å². The summed E-state index contributed by atoms with van der Waals surface area (Å²) in [7, 11) is 0. The van der Waals surface area contributed by atoms with Gasteiger partial charge in [0.2, 0.25) is 0 Å². The molecule has 104 valence electrons. The van der Waals surface area contributed by atoms with Crippen LogP contribution < -0.4 is 0 Å². The second kappa shape index (κ2) is 5.28. The number of aliphatic carboxylic acids is 1. The summed E-state index contributed by atoms with van der Waals surface area (Å²) >= 11 is 1.37. The molecule has 1 fully saturated rings. The first-order valence-corrected chi connectivity index (χ1v) is 7.29. The van der Waals surface area contributed by atoms with Gasteiger partial charge in [0, 0.05) is 6.04 Å². The maximum atomic E-state index is 12.6. The number of aryl methyl sites for hydroxylation is 2. The number of carbonyl (C=O) groups excluding carboxylic acids is 1. The molecular formula is C13H18N2O3S. The Balaban J connectivity index is 2.28. The summed E-state index contributed by atoms with van der Waals surface area (Å²) in [6, 6.07) is -0.711. The van der Waals surface area contributed by atoms with E-state index < -0.39 is 12.0 Å². The van der Waals surface area contributed by atoms with E-state index in [1.54, 1.807) is 13.8 Å². The lowest BCUT2D eigenvalue weighted by Crippen LogP contribution is -2.44. The molecule has 1 saturated carbocycles. The van der Waals surface area contributed by atoms with E-state index in [9.17, 15) is 9.59 Å². The van der Waals surface area contributed by atoms with E-state index >= 15 is 0 Å². The lowest BCUT2D eigenvalue weighted by Gasteiger charge is -2.26. The molecule has 0 radical (unpaired) electrons. The molecule has 1 N–H and O–H groups in total. The van der Waals surface area contributed by atoms with Crippen molar-refractivity contribution in [2.45, 2.75) is 52.1 Å². The smallest absolute Gasteiger partial charge is 0.326 e. The summed E-state index contributed by atoms with van der Waals surface area (Å²) in [6.45, 7) is 5.36. The largest absolute Gasteiger partial charge is 0.480 e. The third-order valence-electron chi connectivity index (χ3n) is 3.29. The van der Waals surface area contributed by atoms with Gasteiger partial charge in [0.05, 0.1) is 10.7 Å². The molecule has 1 aromatic rings. The third-order valence-corrected chi connectivity index (χ3v) is 4.58. The van der Waals surface area contributed by atoms with E-state index in [1.165, 1.54) is 16.2 Å². The number of hydrogen-bond donors (Lipinski definition) is 1. The first-order valence-electron chi connectivity index (χ1n) is 6.47. The number of carboxylic acid groups (broad SMARTS) is 1. The third kappa shape index (κ3) is 2.78. The molecule has 0 aliphatic heterocycles. The second-order valence-corrected chi connectivity index (χ2v) is 5.92. The summed E-state index contributed by atoms with van der Waals surface area (Å²) in [4.78, 5) is 30.1. The molecule has 1 atom stereocenters. The number of nitrogens with zero attached hydrogens (tertiary/aromatic N) is 2. The average molecular weight is 282 g/mol. The fraction of sp³-hybridized carbons (Fsp3) is 0.615. The highest BCUT2D eigenvalue weighted by Gasteiger charge is 2.39. The number of rotatable bonds is 5.